The van der Waals surface area contributed by atoms with Crippen LogP contribution >= 0.6 is 0 Å². The van der Waals surface area contributed by atoms with Crippen molar-refractivity contribution in [3.63, 3.8) is 0 Å². The van der Waals surface area contributed by atoms with Gasteiger partial charge in [0.1, 0.15) is 11.4 Å². The molecule has 1 saturated heterocycles. The van der Waals surface area contributed by atoms with E-state index in [0.29, 0.717) is 24.6 Å². The van der Waals surface area contributed by atoms with Gasteiger partial charge in [0, 0.05) is 44.3 Å². The highest BCUT2D eigenvalue weighted by Gasteiger charge is 2.31. The van der Waals surface area contributed by atoms with E-state index in [9.17, 15) is 18.0 Å². The number of benzene rings is 1. The summed E-state index contributed by atoms with van der Waals surface area (Å²) in [6, 6.07) is 7.17. The van der Waals surface area contributed by atoms with Crippen LogP contribution in [0.1, 0.15) is 34.7 Å². The number of halogens is 3. The van der Waals surface area contributed by atoms with Crippen LogP contribution in [0.15, 0.2) is 42.7 Å². The summed E-state index contributed by atoms with van der Waals surface area (Å²) < 4.78 is 40.8. The Morgan fingerprint density at radius 3 is 2.48 bits per heavy atom. The summed E-state index contributed by atoms with van der Waals surface area (Å²) in [6.07, 6.45) is 0.687. The van der Waals surface area contributed by atoms with Crippen molar-refractivity contribution in [2.45, 2.75) is 25.1 Å². The van der Waals surface area contributed by atoms with Crippen LogP contribution in [-0.4, -0.2) is 54.3 Å². The number of hydrogen-bond acceptors (Lipinski definition) is 4. The first kappa shape index (κ1) is 21.0. The minimum Gasteiger partial charge on any atom is -0.406 e. The molecule has 1 aliphatic heterocycles. The van der Waals surface area contributed by atoms with Crippen LogP contribution in [0.25, 0.3) is 11.0 Å². The molecule has 0 spiro atoms. The average Bonchev–Trinajstić information content (AvgIpc) is 3.16. The van der Waals surface area contributed by atoms with Crippen LogP contribution < -0.4 is 9.64 Å². The van der Waals surface area contributed by atoms with E-state index in [-0.39, 0.29) is 11.7 Å². The van der Waals surface area contributed by atoms with Crippen molar-refractivity contribution in [1.29, 1.82) is 0 Å². The minimum atomic E-state index is -4.75. The minimum absolute atomic E-state index is 0.188. The molecule has 4 rings (SSSR count). The number of hydrogen-bond donors (Lipinski definition) is 1. The number of rotatable bonds is 4. The second-order valence-electron chi connectivity index (χ2n) is 7.87. The Kier molecular flexibility index (Phi) is 5.51. The summed E-state index contributed by atoms with van der Waals surface area (Å²) in [6.45, 7) is 1.16. The number of aromatic nitrogens is 2. The van der Waals surface area contributed by atoms with Crippen LogP contribution in [0.5, 0.6) is 5.75 Å². The highest BCUT2D eigenvalue weighted by molar-refractivity contribution is 5.94. The van der Waals surface area contributed by atoms with Gasteiger partial charge in [0.15, 0.2) is 0 Å². The monoisotopic (exact) mass is 432 g/mol. The number of nitrogens with one attached hydrogen (secondary N) is 1. The van der Waals surface area contributed by atoms with Gasteiger partial charge in [-0.2, -0.15) is 0 Å². The third-order valence-corrected chi connectivity index (χ3v) is 5.62. The molecule has 6 nitrogen and oxygen atoms in total. The van der Waals surface area contributed by atoms with Crippen LogP contribution in [0.3, 0.4) is 0 Å². The number of amides is 1. The third kappa shape index (κ3) is 4.60. The number of pyridine rings is 1. The first-order valence-electron chi connectivity index (χ1n) is 10.0. The third-order valence-electron chi connectivity index (χ3n) is 5.62. The molecule has 164 valence electrons. The van der Waals surface area contributed by atoms with Crippen LogP contribution in [0.4, 0.5) is 18.9 Å². The summed E-state index contributed by atoms with van der Waals surface area (Å²) in [7, 11) is 3.95. The fourth-order valence-electron chi connectivity index (χ4n) is 3.97. The SMILES string of the molecule is CN(C)c1cnc2[nH]cc(C3CCN(C(=O)c4ccc(OC(F)(F)F)cc4)CC3)c2c1. The van der Waals surface area contributed by atoms with Gasteiger partial charge in [0.05, 0.1) is 11.9 Å². The van der Waals surface area contributed by atoms with Crippen molar-refractivity contribution < 1.29 is 22.7 Å². The lowest BCUT2D eigenvalue weighted by molar-refractivity contribution is -0.274. The number of carbonyl (C=O) groups is 1. The van der Waals surface area contributed by atoms with E-state index in [2.05, 4.69) is 20.8 Å². The number of alkyl halides is 3. The number of anilines is 1. The molecule has 2 aromatic heterocycles. The van der Waals surface area contributed by atoms with Gasteiger partial charge in [-0.3, -0.25) is 4.79 Å². The van der Waals surface area contributed by atoms with Crippen molar-refractivity contribution in [1.82, 2.24) is 14.9 Å². The molecule has 0 bridgehead atoms. The second kappa shape index (κ2) is 8.13. The maximum atomic E-state index is 12.8. The number of H-pyrrole nitrogens is 1. The molecule has 1 aromatic carbocycles. The molecule has 1 amide bonds. The number of piperidine rings is 1. The van der Waals surface area contributed by atoms with E-state index >= 15 is 0 Å². The summed E-state index contributed by atoms with van der Waals surface area (Å²) in [5.41, 5.74) is 3.42. The van der Waals surface area contributed by atoms with E-state index in [1.165, 1.54) is 17.7 Å². The maximum Gasteiger partial charge on any atom is 0.573 e. The zero-order valence-electron chi connectivity index (χ0n) is 17.2. The Hall–Kier alpha value is -3.23. The number of fused-ring (bicyclic) bond motifs is 1. The molecule has 1 N–H and O–H groups in total. The highest BCUT2D eigenvalue weighted by atomic mass is 19.4. The summed E-state index contributed by atoms with van der Waals surface area (Å²) >= 11 is 0. The number of carbonyl (C=O) groups excluding carboxylic acids is 1. The Labute approximate surface area is 177 Å². The van der Waals surface area contributed by atoms with Crippen molar-refractivity contribution in [3.05, 3.63) is 53.9 Å². The van der Waals surface area contributed by atoms with Crippen molar-refractivity contribution in [3.8, 4) is 5.75 Å². The molecule has 9 heteroatoms. The molecule has 0 atom stereocenters. The molecule has 3 aromatic rings. The van der Waals surface area contributed by atoms with Gasteiger partial charge >= 0.3 is 6.36 Å². The molecular formula is C22H23F3N4O2. The maximum absolute atomic E-state index is 12.8. The van der Waals surface area contributed by atoms with Crippen LogP contribution in [0, 0.1) is 0 Å². The van der Waals surface area contributed by atoms with Gasteiger partial charge in [-0.05, 0) is 54.7 Å². The predicted octanol–water partition coefficient (Wildman–Crippen LogP) is 4.55. The lowest BCUT2D eigenvalue weighted by Gasteiger charge is -2.32. The molecule has 1 aliphatic rings. The van der Waals surface area contributed by atoms with E-state index in [1.807, 2.05) is 31.4 Å². The Bertz CT molecular complexity index is 1070. The largest absolute Gasteiger partial charge is 0.573 e. The summed E-state index contributed by atoms with van der Waals surface area (Å²) in [5, 5.41) is 1.09. The Morgan fingerprint density at radius 1 is 1.19 bits per heavy atom. The predicted molar refractivity (Wildman–Crippen MR) is 111 cm³/mol. The van der Waals surface area contributed by atoms with Gasteiger partial charge < -0.3 is 19.5 Å². The zero-order valence-corrected chi connectivity index (χ0v) is 17.2. The molecular weight excluding hydrogens is 409 g/mol. The fourth-order valence-corrected chi connectivity index (χ4v) is 3.97. The molecule has 0 radical (unpaired) electrons. The highest BCUT2D eigenvalue weighted by Crippen LogP contribution is 2.34. The van der Waals surface area contributed by atoms with Gasteiger partial charge in [-0.15, -0.1) is 13.2 Å². The first-order chi connectivity index (χ1) is 14.7. The molecule has 1 fully saturated rings. The van der Waals surface area contributed by atoms with Gasteiger partial charge in [-0.25, -0.2) is 4.98 Å². The molecule has 0 unspecified atom stereocenters. The van der Waals surface area contributed by atoms with Gasteiger partial charge in [0.25, 0.3) is 5.91 Å². The second-order valence-corrected chi connectivity index (χ2v) is 7.87. The normalized spacial score (nSPS) is 15.3. The zero-order chi connectivity index (χ0) is 22.2. The number of nitrogens with zero attached hydrogens (tertiary/aromatic N) is 3. The van der Waals surface area contributed by atoms with Crippen molar-refractivity contribution in [2.24, 2.45) is 0 Å². The first-order valence-corrected chi connectivity index (χ1v) is 10.0. The Balaban J connectivity index is 1.42. The number of aromatic amines is 1. The number of ether oxygens (including phenoxy) is 1. The number of likely N-dealkylation sites (tertiary alicyclic amines) is 1. The lowest BCUT2D eigenvalue weighted by atomic mass is 9.89. The van der Waals surface area contributed by atoms with Crippen LogP contribution in [-0.2, 0) is 0 Å². The molecule has 31 heavy (non-hydrogen) atoms. The molecule has 0 aliphatic carbocycles. The summed E-state index contributed by atoms with van der Waals surface area (Å²) in [5.74, 6) is -0.222. The lowest BCUT2D eigenvalue weighted by Crippen LogP contribution is -2.37. The standard InChI is InChI=1S/C22H23F3N4O2/c1-28(2)16-11-18-19(13-27-20(18)26-12-16)14-7-9-29(10-8-14)21(30)15-3-5-17(6-4-15)31-22(23,24)25/h3-6,11-14H,7-10H2,1-2H3,(H,26,27). The van der Waals surface area contributed by atoms with E-state index in [1.54, 1.807) is 4.90 Å². The van der Waals surface area contributed by atoms with Gasteiger partial charge in [-0.1, -0.05) is 0 Å². The van der Waals surface area contributed by atoms with Crippen LogP contribution in [0.2, 0.25) is 0 Å². The smallest absolute Gasteiger partial charge is 0.406 e. The average molecular weight is 432 g/mol. The van der Waals surface area contributed by atoms with Gasteiger partial charge in [0.2, 0.25) is 0 Å². The topological polar surface area (TPSA) is 61.5 Å². The van der Waals surface area contributed by atoms with E-state index in [4.69, 9.17) is 0 Å². The quantitative estimate of drug-likeness (QED) is 0.657. The summed E-state index contributed by atoms with van der Waals surface area (Å²) in [4.78, 5) is 24.2. The van der Waals surface area contributed by atoms with E-state index < -0.39 is 6.36 Å². The van der Waals surface area contributed by atoms with Crippen molar-refractivity contribution >= 4 is 22.6 Å². The molecule has 0 saturated carbocycles. The van der Waals surface area contributed by atoms with E-state index in [0.717, 1.165) is 41.7 Å². The fraction of sp³-hybridized carbons (Fsp3) is 0.364. The Morgan fingerprint density at radius 2 is 1.87 bits per heavy atom. The molecule has 3 heterocycles. The van der Waals surface area contributed by atoms with Crippen molar-refractivity contribution in [2.75, 3.05) is 32.1 Å².